The summed E-state index contributed by atoms with van der Waals surface area (Å²) in [5.74, 6) is 2.43. The van der Waals surface area contributed by atoms with Gasteiger partial charge in [0.15, 0.2) is 5.13 Å². The summed E-state index contributed by atoms with van der Waals surface area (Å²) < 4.78 is 1.21. The van der Waals surface area contributed by atoms with E-state index in [0.717, 1.165) is 36.8 Å². The first-order valence-electron chi connectivity index (χ1n) is 7.75. The molecule has 0 bridgehead atoms. The molecular formula is C17H20N4OS. The van der Waals surface area contributed by atoms with Crippen LogP contribution in [0, 0.1) is 12.3 Å². The lowest BCUT2D eigenvalue weighted by molar-refractivity contribution is -0.125. The van der Waals surface area contributed by atoms with Crippen LogP contribution in [0.5, 0.6) is 0 Å². The van der Waals surface area contributed by atoms with Gasteiger partial charge in [0.1, 0.15) is 0 Å². The molecule has 120 valence electrons. The van der Waals surface area contributed by atoms with Crippen molar-refractivity contribution in [2.75, 3.05) is 37.6 Å². The first kappa shape index (κ1) is 15.8. The van der Waals surface area contributed by atoms with Gasteiger partial charge in [0, 0.05) is 26.2 Å². The van der Waals surface area contributed by atoms with Gasteiger partial charge in [-0.25, -0.2) is 4.98 Å². The number of carbonyl (C=O) groups excluding carboxylic acids is 1. The molecule has 23 heavy (non-hydrogen) atoms. The number of piperazine rings is 1. The number of para-hydroxylation sites is 1. The number of terminal acetylenes is 1. The molecule has 1 amide bonds. The van der Waals surface area contributed by atoms with Gasteiger partial charge in [-0.05, 0) is 19.1 Å². The molecule has 6 heteroatoms. The van der Waals surface area contributed by atoms with Crippen molar-refractivity contribution in [1.82, 2.24) is 15.2 Å². The molecule has 0 spiro atoms. The van der Waals surface area contributed by atoms with Gasteiger partial charge in [-0.1, -0.05) is 29.4 Å². The number of nitrogens with zero attached hydrogens (tertiary/aromatic N) is 3. The van der Waals surface area contributed by atoms with Crippen LogP contribution in [0.4, 0.5) is 5.13 Å². The Morgan fingerprint density at radius 1 is 1.39 bits per heavy atom. The molecule has 5 nitrogen and oxygen atoms in total. The normalized spacial score (nSPS) is 17.0. The number of carbonyl (C=O) groups is 1. The largest absolute Gasteiger partial charge is 0.345 e. The molecular weight excluding hydrogens is 308 g/mol. The monoisotopic (exact) mass is 328 g/mol. The minimum absolute atomic E-state index is 0.00335. The van der Waals surface area contributed by atoms with Crippen molar-refractivity contribution in [2.24, 2.45) is 0 Å². The highest BCUT2D eigenvalue weighted by Gasteiger charge is 2.26. The van der Waals surface area contributed by atoms with E-state index in [4.69, 9.17) is 11.4 Å². The average Bonchev–Trinajstić information content (AvgIpc) is 3.03. The number of nitrogens with one attached hydrogen (secondary N) is 1. The molecule has 1 aliphatic heterocycles. The Labute approximate surface area is 140 Å². The van der Waals surface area contributed by atoms with Crippen LogP contribution >= 0.6 is 11.3 Å². The zero-order valence-electron chi connectivity index (χ0n) is 13.2. The fraction of sp³-hybridized carbons (Fsp3) is 0.412. The SMILES string of the molecule is C#CCNC(=O)C(C)N1CCN(c2nc3ccccc3s2)CC1. The Hall–Kier alpha value is -2.10. The van der Waals surface area contributed by atoms with E-state index >= 15 is 0 Å². The Bertz CT molecular complexity index is 695. The van der Waals surface area contributed by atoms with Gasteiger partial charge in [0.05, 0.1) is 22.8 Å². The quantitative estimate of drug-likeness (QED) is 0.866. The van der Waals surface area contributed by atoms with Crippen LogP contribution < -0.4 is 10.2 Å². The van der Waals surface area contributed by atoms with Crippen LogP contribution in [0.15, 0.2) is 24.3 Å². The lowest BCUT2D eigenvalue weighted by Crippen LogP contribution is -2.54. The van der Waals surface area contributed by atoms with Crippen molar-refractivity contribution in [2.45, 2.75) is 13.0 Å². The van der Waals surface area contributed by atoms with Crippen molar-refractivity contribution in [3.8, 4) is 12.3 Å². The minimum atomic E-state index is -0.152. The van der Waals surface area contributed by atoms with E-state index in [1.54, 1.807) is 11.3 Å². The zero-order valence-corrected chi connectivity index (χ0v) is 14.0. The van der Waals surface area contributed by atoms with Gasteiger partial charge in [-0.3, -0.25) is 9.69 Å². The van der Waals surface area contributed by atoms with Crippen LogP contribution in [-0.4, -0.2) is 54.6 Å². The Morgan fingerprint density at radius 3 is 2.83 bits per heavy atom. The number of aromatic nitrogens is 1. The summed E-state index contributed by atoms with van der Waals surface area (Å²) in [6.45, 7) is 5.67. The summed E-state index contributed by atoms with van der Waals surface area (Å²) in [4.78, 5) is 21.2. The predicted octanol–water partition coefficient (Wildman–Crippen LogP) is 1.56. The molecule has 1 saturated heterocycles. The topological polar surface area (TPSA) is 48.5 Å². The molecule has 1 N–H and O–H groups in total. The molecule has 1 atom stereocenters. The van der Waals surface area contributed by atoms with E-state index in [1.807, 2.05) is 25.1 Å². The maximum Gasteiger partial charge on any atom is 0.237 e. The Kier molecular flexibility index (Phi) is 4.79. The molecule has 0 aliphatic carbocycles. The summed E-state index contributed by atoms with van der Waals surface area (Å²) in [6, 6.07) is 8.05. The second kappa shape index (κ2) is 6.99. The van der Waals surface area contributed by atoms with Gasteiger partial charge in [0.2, 0.25) is 5.91 Å². The minimum Gasteiger partial charge on any atom is -0.345 e. The smallest absolute Gasteiger partial charge is 0.237 e. The number of rotatable bonds is 4. The lowest BCUT2D eigenvalue weighted by Gasteiger charge is -2.37. The molecule has 1 unspecified atom stereocenters. The number of hydrogen-bond donors (Lipinski definition) is 1. The summed E-state index contributed by atoms with van der Waals surface area (Å²) >= 11 is 1.73. The van der Waals surface area contributed by atoms with Crippen LogP contribution in [0.25, 0.3) is 10.2 Å². The zero-order chi connectivity index (χ0) is 16.2. The van der Waals surface area contributed by atoms with Crippen LogP contribution in [0.1, 0.15) is 6.92 Å². The van der Waals surface area contributed by atoms with E-state index in [2.05, 4.69) is 27.1 Å². The fourth-order valence-corrected chi connectivity index (χ4v) is 3.76. The third-order valence-corrected chi connectivity index (χ3v) is 5.26. The van der Waals surface area contributed by atoms with Crippen molar-refractivity contribution in [1.29, 1.82) is 0 Å². The van der Waals surface area contributed by atoms with Gasteiger partial charge in [0.25, 0.3) is 0 Å². The standard InChI is InChI=1S/C17H20N4OS/c1-3-8-18-16(22)13(2)20-9-11-21(12-10-20)17-19-14-6-4-5-7-15(14)23-17/h1,4-7,13H,8-12H2,2H3,(H,18,22). The number of benzene rings is 1. The average molecular weight is 328 g/mol. The lowest BCUT2D eigenvalue weighted by atomic mass is 10.2. The van der Waals surface area contributed by atoms with E-state index in [-0.39, 0.29) is 18.5 Å². The van der Waals surface area contributed by atoms with E-state index < -0.39 is 0 Å². The highest BCUT2D eigenvalue weighted by molar-refractivity contribution is 7.22. The van der Waals surface area contributed by atoms with E-state index in [0.29, 0.717) is 0 Å². The molecule has 1 aromatic heterocycles. The number of thiazole rings is 1. The molecule has 1 aromatic carbocycles. The summed E-state index contributed by atoms with van der Waals surface area (Å²) in [6.07, 6.45) is 5.18. The fourth-order valence-electron chi connectivity index (χ4n) is 2.75. The van der Waals surface area contributed by atoms with E-state index in [9.17, 15) is 4.79 Å². The highest BCUT2D eigenvalue weighted by atomic mass is 32.1. The van der Waals surface area contributed by atoms with Crippen molar-refractivity contribution >= 4 is 32.6 Å². The molecule has 0 saturated carbocycles. The van der Waals surface area contributed by atoms with Gasteiger partial charge < -0.3 is 10.2 Å². The highest BCUT2D eigenvalue weighted by Crippen LogP contribution is 2.29. The van der Waals surface area contributed by atoms with Gasteiger partial charge in [-0.2, -0.15) is 0 Å². The van der Waals surface area contributed by atoms with Crippen molar-refractivity contribution in [3.63, 3.8) is 0 Å². The molecule has 0 radical (unpaired) electrons. The number of anilines is 1. The second-order valence-electron chi connectivity index (χ2n) is 5.59. The van der Waals surface area contributed by atoms with Crippen molar-refractivity contribution < 1.29 is 4.79 Å². The summed E-state index contributed by atoms with van der Waals surface area (Å²) in [5, 5.41) is 3.81. The first-order chi connectivity index (χ1) is 11.2. The summed E-state index contributed by atoms with van der Waals surface area (Å²) in [7, 11) is 0. The van der Waals surface area contributed by atoms with Gasteiger partial charge in [-0.15, -0.1) is 6.42 Å². The molecule has 2 heterocycles. The molecule has 1 fully saturated rings. The third-order valence-electron chi connectivity index (χ3n) is 4.16. The Balaban J connectivity index is 1.60. The summed E-state index contributed by atoms with van der Waals surface area (Å²) in [5.41, 5.74) is 1.05. The molecule has 3 rings (SSSR count). The van der Waals surface area contributed by atoms with E-state index in [1.165, 1.54) is 4.70 Å². The Morgan fingerprint density at radius 2 is 2.13 bits per heavy atom. The molecule has 1 aliphatic rings. The predicted molar refractivity (Wildman–Crippen MR) is 94.7 cm³/mol. The second-order valence-corrected chi connectivity index (χ2v) is 6.59. The van der Waals surface area contributed by atoms with Crippen LogP contribution in [0.2, 0.25) is 0 Å². The maximum atomic E-state index is 12.0. The number of fused-ring (bicyclic) bond motifs is 1. The van der Waals surface area contributed by atoms with Gasteiger partial charge >= 0.3 is 0 Å². The first-order valence-corrected chi connectivity index (χ1v) is 8.56. The number of hydrogen-bond acceptors (Lipinski definition) is 5. The van der Waals surface area contributed by atoms with Crippen LogP contribution in [0.3, 0.4) is 0 Å². The molecule has 2 aromatic rings. The number of amides is 1. The van der Waals surface area contributed by atoms with Crippen molar-refractivity contribution in [3.05, 3.63) is 24.3 Å². The third kappa shape index (κ3) is 3.46. The van der Waals surface area contributed by atoms with Crippen LogP contribution in [-0.2, 0) is 4.79 Å². The maximum absolute atomic E-state index is 12.0.